The molecule has 0 saturated carbocycles. The Labute approximate surface area is 123 Å². The second kappa shape index (κ2) is 4.29. The lowest BCUT2D eigenvalue weighted by molar-refractivity contribution is 0.930. The van der Waals surface area contributed by atoms with Gasteiger partial charge in [0, 0.05) is 11.8 Å². The van der Waals surface area contributed by atoms with E-state index in [2.05, 4.69) is 35.3 Å². The van der Waals surface area contributed by atoms with E-state index in [0.29, 0.717) is 0 Å². The minimum absolute atomic E-state index is 0.777. The summed E-state index contributed by atoms with van der Waals surface area (Å²) in [6.07, 6.45) is 1.77. The van der Waals surface area contributed by atoms with E-state index in [9.17, 15) is 5.26 Å². The fourth-order valence-electron chi connectivity index (χ4n) is 2.97. The fourth-order valence-corrected chi connectivity index (χ4v) is 2.97. The molecule has 1 aliphatic heterocycles. The molecule has 0 saturated heterocycles. The largest absolute Gasteiger partial charge is 0.258 e. The van der Waals surface area contributed by atoms with E-state index in [1.165, 1.54) is 5.39 Å². The molecule has 0 aliphatic carbocycles. The number of benzene rings is 3. The quantitative estimate of drug-likeness (QED) is 0.645. The number of nitrogens with zero attached hydrogens (tertiary/aromatic N) is 2. The topological polar surface area (TPSA) is 36.1 Å². The van der Waals surface area contributed by atoms with Crippen molar-refractivity contribution in [2.24, 2.45) is 4.99 Å². The predicted octanol–water partition coefficient (Wildman–Crippen LogP) is 4.37. The molecule has 1 atom stereocenters. The lowest BCUT2D eigenvalue weighted by Crippen LogP contribution is -2.24. The van der Waals surface area contributed by atoms with Gasteiger partial charge in [0.05, 0.1) is 11.8 Å². The molecule has 0 aromatic heterocycles. The molecule has 0 unspecified atom stereocenters. The van der Waals surface area contributed by atoms with Crippen molar-refractivity contribution >= 4 is 22.7 Å². The number of para-hydroxylation sites is 1. The van der Waals surface area contributed by atoms with Crippen LogP contribution in [0.2, 0.25) is 0 Å². The molecule has 4 rings (SSSR count). The van der Waals surface area contributed by atoms with Crippen molar-refractivity contribution < 1.29 is 0 Å². The zero-order valence-electron chi connectivity index (χ0n) is 11.3. The van der Waals surface area contributed by atoms with Crippen LogP contribution in [0.5, 0.6) is 0 Å². The van der Waals surface area contributed by atoms with Crippen molar-refractivity contribution in [1.82, 2.24) is 0 Å². The first kappa shape index (κ1) is 11.9. The average Bonchev–Trinajstić information content (AvgIpc) is 2.94. The van der Waals surface area contributed by atoms with Gasteiger partial charge in [0.15, 0.2) is 0 Å². The first-order valence-electron chi connectivity index (χ1n) is 6.89. The van der Waals surface area contributed by atoms with E-state index in [0.717, 1.165) is 22.2 Å². The molecule has 1 aliphatic rings. The van der Waals surface area contributed by atoms with E-state index in [1.807, 2.05) is 42.5 Å². The zero-order chi connectivity index (χ0) is 14.3. The minimum atomic E-state index is -0.777. The number of hydrogen-bond donors (Lipinski definition) is 0. The molecule has 2 heteroatoms. The second-order valence-electron chi connectivity index (χ2n) is 5.26. The van der Waals surface area contributed by atoms with Gasteiger partial charge in [0.2, 0.25) is 0 Å². The van der Waals surface area contributed by atoms with Crippen molar-refractivity contribution in [2.45, 2.75) is 5.41 Å². The Morgan fingerprint density at radius 3 is 2.48 bits per heavy atom. The summed E-state index contributed by atoms with van der Waals surface area (Å²) in [6, 6.07) is 24.7. The van der Waals surface area contributed by atoms with Crippen LogP contribution in [0.3, 0.4) is 0 Å². The summed E-state index contributed by atoms with van der Waals surface area (Å²) in [4.78, 5) is 4.43. The molecule has 0 fully saturated rings. The van der Waals surface area contributed by atoms with Gasteiger partial charge >= 0.3 is 0 Å². The van der Waals surface area contributed by atoms with Gasteiger partial charge in [-0.15, -0.1) is 0 Å². The Hall–Kier alpha value is -2.92. The molecule has 0 N–H and O–H groups in total. The monoisotopic (exact) mass is 268 g/mol. The maximum absolute atomic E-state index is 9.85. The number of fused-ring (bicyclic) bond motifs is 2. The SMILES string of the molecule is N#C[C@@]1(c2ccc3ccccc3c2)C=Nc2ccccc21. The summed E-state index contributed by atoms with van der Waals surface area (Å²) < 4.78 is 0. The van der Waals surface area contributed by atoms with Gasteiger partial charge in [-0.3, -0.25) is 4.99 Å². The van der Waals surface area contributed by atoms with Crippen molar-refractivity contribution in [1.29, 1.82) is 5.26 Å². The van der Waals surface area contributed by atoms with Gasteiger partial charge in [0.25, 0.3) is 0 Å². The van der Waals surface area contributed by atoms with Crippen molar-refractivity contribution in [3.63, 3.8) is 0 Å². The Morgan fingerprint density at radius 1 is 0.857 bits per heavy atom. The van der Waals surface area contributed by atoms with Crippen LogP contribution in [-0.4, -0.2) is 6.21 Å². The molecular weight excluding hydrogens is 256 g/mol. The number of aliphatic imine (C=N–C) groups is 1. The lowest BCUT2D eigenvalue weighted by Gasteiger charge is -2.20. The third-order valence-corrected chi connectivity index (χ3v) is 4.11. The van der Waals surface area contributed by atoms with Gasteiger partial charge < -0.3 is 0 Å². The third-order valence-electron chi connectivity index (χ3n) is 4.11. The number of nitriles is 1. The summed E-state index contributed by atoms with van der Waals surface area (Å²) in [5, 5.41) is 12.2. The molecule has 21 heavy (non-hydrogen) atoms. The lowest BCUT2D eigenvalue weighted by atomic mass is 9.77. The van der Waals surface area contributed by atoms with E-state index in [4.69, 9.17) is 0 Å². The summed E-state index contributed by atoms with van der Waals surface area (Å²) in [6.45, 7) is 0. The van der Waals surface area contributed by atoms with Gasteiger partial charge in [0.1, 0.15) is 5.41 Å². The van der Waals surface area contributed by atoms with E-state index in [1.54, 1.807) is 6.21 Å². The van der Waals surface area contributed by atoms with E-state index < -0.39 is 5.41 Å². The van der Waals surface area contributed by atoms with Crippen LogP contribution in [0.15, 0.2) is 71.7 Å². The molecule has 2 nitrogen and oxygen atoms in total. The molecule has 0 bridgehead atoms. The van der Waals surface area contributed by atoms with Gasteiger partial charge in [-0.2, -0.15) is 5.26 Å². The minimum Gasteiger partial charge on any atom is -0.258 e. The maximum Gasteiger partial charge on any atom is 0.144 e. The smallest absolute Gasteiger partial charge is 0.144 e. The Bertz CT molecular complexity index is 918. The molecule has 0 radical (unpaired) electrons. The third kappa shape index (κ3) is 1.61. The molecule has 0 spiro atoms. The summed E-state index contributed by atoms with van der Waals surface area (Å²) in [5.41, 5.74) is 2.04. The highest BCUT2D eigenvalue weighted by atomic mass is 14.8. The predicted molar refractivity (Wildman–Crippen MR) is 84.9 cm³/mol. The highest BCUT2D eigenvalue weighted by Crippen LogP contribution is 2.41. The van der Waals surface area contributed by atoms with Crippen LogP contribution >= 0.6 is 0 Å². The van der Waals surface area contributed by atoms with Gasteiger partial charge in [-0.05, 0) is 28.5 Å². The van der Waals surface area contributed by atoms with Gasteiger partial charge in [-0.25, -0.2) is 0 Å². The van der Waals surface area contributed by atoms with E-state index >= 15 is 0 Å². The van der Waals surface area contributed by atoms with Crippen LogP contribution in [0, 0.1) is 11.3 Å². The standard InChI is InChI=1S/C19H12N2/c20-12-19(13-21-18-8-4-3-7-17(18)19)16-10-9-14-5-1-2-6-15(14)11-16/h1-11,13H/t19-/m0/s1. The van der Waals surface area contributed by atoms with Crippen LogP contribution in [-0.2, 0) is 5.41 Å². The normalized spacial score (nSPS) is 19.4. The summed E-state index contributed by atoms with van der Waals surface area (Å²) in [5.74, 6) is 0. The molecule has 1 heterocycles. The van der Waals surface area contributed by atoms with Crippen molar-refractivity contribution in [2.75, 3.05) is 0 Å². The zero-order valence-corrected chi connectivity index (χ0v) is 11.3. The van der Waals surface area contributed by atoms with Crippen molar-refractivity contribution in [3.05, 3.63) is 77.9 Å². The highest BCUT2D eigenvalue weighted by Gasteiger charge is 2.38. The maximum atomic E-state index is 9.85. The van der Waals surface area contributed by atoms with Crippen LogP contribution in [0.4, 0.5) is 5.69 Å². The average molecular weight is 268 g/mol. The Kier molecular flexibility index (Phi) is 2.43. The molecule has 0 amide bonds. The highest BCUT2D eigenvalue weighted by molar-refractivity contribution is 5.94. The summed E-state index contributed by atoms with van der Waals surface area (Å²) in [7, 11) is 0. The second-order valence-corrected chi connectivity index (χ2v) is 5.26. The molecular formula is C19H12N2. The first-order valence-corrected chi connectivity index (χ1v) is 6.89. The van der Waals surface area contributed by atoms with Crippen molar-refractivity contribution in [3.8, 4) is 6.07 Å². The molecule has 3 aromatic rings. The summed E-state index contributed by atoms with van der Waals surface area (Å²) >= 11 is 0. The first-order chi connectivity index (χ1) is 10.3. The fraction of sp³-hybridized carbons (Fsp3) is 0.0526. The van der Waals surface area contributed by atoms with Crippen LogP contribution in [0.25, 0.3) is 10.8 Å². The Balaban J connectivity index is 1.98. The Morgan fingerprint density at radius 2 is 1.62 bits per heavy atom. The number of rotatable bonds is 1. The van der Waals surface area contributed by atoms with Gasteiger partial charge in [-0.1, -0.05) is 54.6 Å². The van der Waals surface area contributed by atoms with Crippen LogP contribution in [0.1, 0.15) is 11.1 Å². The van der Waals surface area contributed by atoms with E-state index in [-0.39, 0.29) is 0 Å². The van der Waals surface area contributed by atoms with Crippen LogP contribution < -0.4 is 0 Å². The molecule has 3 aromatic carbocycles. The molecule has 98 valence electrons. The number of hydrogen-bond acceptors (Lipinski definition) is 2.